The van der Waals surface area contributed by atoms with Gasteiger partial charge in [-0.1, -0.05) is 30.3 Å². The minimum atomic E-state index is -7.22. The molecule has 0 saturated carbocycles. The second kappa shape index (κ2) is 18.6. The van der Waals surface area contributed by atoms with Gasteiger partial charge in [-0.05, 0) is 6.92 Å². The van der Waals surface area contributed by atoms with Crippen molar-refractivity contribution >= 4 is 39.7 Å². The van der Waals surface area contributed by atoms with E-state index in [-0.39, 0.29) is 24.6 Å². The van der Waals surface area contributed by atoms with Crippen LogP contribution < -0.4 is 26.4 Å². The van der Waals surface area contributed by atoms with E-state index >= 15 is 35.1 Å². The summed E-state index contributed by atoms with van der Waals surface area (Å²) < 4.78 is 300. The van der Waals surface area contributed by atoms with E-state index in [1.54, 1.807) is 42.0 Å². The van der Waals surface area contributed by atoms with E-state index in [4.69, 9.17) is 4.74 Å². The molecule has 65 heavy (non-hydrogen) atoms. The maximum Gasteiger partial charge on any atom is 0.405 e. The first-order valence-electron chi connectivity index (χ1n) is 17.2. The van der Waals surface area contributed by atoms with Crippen molar-refractivity contribution < 1.29 is 107 Å². The van der Waals surface area contributed by atoms with Crippen LogP contribution in [0.3, 0.4) is 0 Å². The highest BCUT2D eigenvalue weighted by Gasteiger charge is 2.52. The zero-order valence-electron chi connectivity index (χ0n) is 31.3. The number of Topliss-reactive ketones (excluding diaryl/α,β-unsaturated/α-hetero) is 1. The minimum absolute atomic E-state index is 0.0701. The molecule has 342 valence electrons. The zero-order valence-corrected chi connectivity index (χ0v) is 31.3. The van der Waals surface area contributed by atoms with Crippen LogP contribution in [-0.2, 0) is 11.3 Å². The quantitative estimate of drug-likeness (QED) is 0.0291. The van der Waals surface area contributed by atoms with Gasteiger partial charge in [0.05, 0.1) is 12.8 Å². The van der Waals surface area contributed by atoms with E-state index < -0.39 is 150 Å². The van der Waals surface area contributed by atoms with Crippen molar-refractivity contribution in [1.29, 1.82) is 0 Å². The summed E-state index contributed by atoms with van der Waals surface area (Å²) in [4.78, 5) is 27.8. The molecule has 0 aliphatic rings. The molecule has 0 fully saturated rings. The molecule has 0 radical (unpaired) electrons. The Morgan fingerprint density at radius 2 is 0.769 bits per heavy atom. The average molecular weight is 950 g/mol. The molecule has 26 heteroatoms. The van der Waals surface area contributed by atoms with E-state index in [0.717, 1.165) is 0 Å². The summed E-state index contributed by atoms with van der Waals surface area (Å²) in [6.07, 6.45) is -2.70. The number of hydrogen-bond donors (Lipinski definition) is 0. The molecule has 1 aromatic heterocycles. The molecule has 5 nitrogen and oxygen atoms in total. The lowest BCUT2D eigenvalue weighted by molar-refractivity contribution is -0.686. The molecule has 0 N–H and O–H groups in total. The second-order valence-electron chi connectivity index (χ2n) is 12.9. The molecule has 1 heterocycles. The molecule has 6 rings (SSSR count). The van der Waals surface area contributed by atoms with Gasteiger partial charge < -0.3 is 4.74 Å². The van der Waals surface area contributed by atoms with Crippen molar-refractivity contribution in [2.45, 2.75) is 13.5 Å². The van der Waals surface area contributed by atoms with Crippen molar-refractivity contribution in [3.05, 3.63) is 177 Å². The SMILES string of the molecule is CCOC(=O)c1cncc[n+]1CC(=O)c1ccccc1.Fc1c(F)c(F)c([B-](c2c(F)c(F)c(F)c(F)c2F)(c2c(F)c(F)c(F)c(F)c2F)c2c(F)c(F)c(F)c(F)c2F)c(F)c1F. The Kier molecular flexibility index (Phi) is 14.0. The van der Waals surface area contributed by atoms with Crippen molar-refractivity contribution in [2.24, 2.45) is 0 Å². The van der Waals surface area contributed by atoms with Crippen LogP contribution in [0.4, 0.5) is 87.8 Å². The van der Waals surface area contributed by atoms with Gasteiger partial charge in [0.1, 0.15) is 58.9 Å². The summed E-state index contributed by atoms with van der Waals surface area (Å²) in [7, 11) is 0. The number of nitrogens with zero attached hydrogens (tertiary/aromatic N) is 2. The van der Waals surface area contributed by atoms with Crippen LogP contribution in [0.1, 0.15) is 27.8 Å². The molecular weight excluding hydrogens is 935 g/mol. The van der Waals surface area contributed by atoms with Crippen LogP contribution in [0.2, 0.25) is 0 Å². The fourth-order valence-electron chi connectivity index (χ4n) is 6.64. The molecule has 0 bridgehead atoms. The molecule has 0 aliphatic heterocycles. The Labute approximate surface area is 348 Å². The maximum absolute atomic E-state index is 15.4. The third-order valence-electron chi connectivity index (χ3n) is 9.44. The first-order chi connectivity index (χ1) is 30.4. The molecule has 0 unspecified atom stereocenters. The van der Waals surface area contributed by atoms with E-state index in [9.17, 15) is 62.3 Å². The van der Waals surface area contributed by atoms with Gasteiger partial charge in [-0.2, -0.15) is 4.57 Å². The van der Waals surface area contributed by atoms with Gasteiger partial charge in [-0.25, -0.2) is 92.6 Å². The third kappa shape index (κ3) is 7.97. The predicted octanol–water partition coefficient (Wildman–Crippen LogP) is 7.27. The van der Waals surface area contributed by atoms with Crippen molar-refractivity contribution in [2.75, 3.05) is 6.61 Å². The van der Waals surface area contributed by atoms with Crippen molar-refractivity contribution in [3.63, 3.8) is 0 Å². The number of esters is 1. The smallest absolute Gasteiger partial charge is 0.405 e. The average Bonchev–Trinajstić information content (AvgIpc) is 3.29. The lowest BCUT2D eigenvalue weighted by atomic mass is 9.12. The van der Waals surface area contributed by atoms with Crippen LogP contribution in [0.25, 0.3) is 0 Å². The maximum atomic E-state index is 15.4. The molecule has 0 atom stereocenters. The Hall–Kier alpha value is -7.02. The van der Waals surface area contributed by atoms with E-state index in [0.29, 0.717) is 5.56 Å². The molecular formula is C39H15BF20N2O3. The number of ketones is 1. The van der Waals surface area contributed by atoms with Gasteiger partial charge in [0.15, 0.2) is 76.0 Å². The lowest BCUT2D eigenvalue weighted by Gasteiger charge is -2.44. The van der Waals surface area contributed by atoms with Crippen LogP contribution >= 0.6 is 0 Å². The summed E-state index contributed by atoms with van der Waals surface area (Å²) in [6.45, 7) is 2.08. The number of rotatable bonds is 9. The zero-order chi connectivity index (χ0) is 48.7. The standard InChI is InChI=1S/C24BF20.C15H15N2O3/c26-5-1(6(27)14(35)21(42)13(5)34)25(2-7(28)15(36)22(43)16(37)8(2)29,3-9(30)17(38)23(44)18(39)10(3)31)4-11(32)19(40)24(45)20(41)12(4)33;1-2-20-15(19)13-10-16-8-9-17(13)11-14(18)12-6-4-3-5-7-12/h;3-10H,2,11H2,1H3/q-1;+1. The summed E-state index contributed by atoms with van der Waals surface area (Å²) in [5.41, 5.74) is -13.5. The van der Waals surface area contributed by atoms with Crippen molar-refractivity contribution in [3.8, 4) is 0 Å². The number of ether oxygens (including phenoxy) is 1. The Bertz CT molecular complexity index is 2540. The van der Waals surface area contributed by atoms with Gasteiger partial charge in [0.2, 0.25) is 12.3 Å². The van der Waals surface area contributed by atoms with E-state index in [1.165, 1.54) is 12.4 Å². The Balaban J connectivity index is 0.000000330. The summed E-state index contributed by atoms with van der Waals surface area (Å²) in [6, 6.07) is 8.94. The highest BCUT2D eigenvalue weighted by molar-refractivity contribution is 7.20. The largest absolute Gasteiger partial charge is 0.458 e. The molecule has 0 saturated heterocycles. The molecule has 6 aromatic rings. The number of hydrogen-bond acceptors (Lipinski definition) is 4. The van der Waals surface area contributed by atoms with Crippen LogP contribution in [0, 0.1) is 116 Å². The van der Waals surface area contributed by atoms with Gasteiger partial charge in [0.25, 0.3) is 0 Å². The number of aromatic nitrogens is 2. The van der Waals surface area contributed by atoms with Crippen molar-refractivity contribution in [1.82, 2.24) is 4.98 Å². The monoisotopic (exact) mass is 950 g/mol. The summed E-state index contributed by atoms with van der Waals surface area (Å²) >= 11 is 0. The third-order valence-corrected chi connectivity index (χ3v) is 9.44. The Morgan fingerprint density at radius 1 is 0.477 bits per heavy atom. The molecule has 5 aromatic carbocycles. The van der Waals surface area contributed by atoms with E-state index in [2.05, 4.69) is 4.98 Å². The Morgan fingerprint density at radius 3 is 1.06 bits per heavy atom. The predicted molar refractivity (Wildman–Crippen MR) is 180 cm³/mol. The van der Waals surface area contributed by atoms with Gasteiger partial charge >= 0.3 is 11.7 Å². The van der Waals surface area contributed by atoms with Gasteiger partial charge in [-0.15, -0.1) is 21.9 Å². The molecule has 0 aliphatic carbocycles. The van der Waals surface area contributed by atoms with E-state index in [1.807, 2.05) is 6.07 Å². The summed E-state index contributed by atoms with van der Waals surface area (Å²) in [5, 5.41) is 0. The first kappa shape index (κ1) is 49.0. The van der Waals surface area contributed by atoms with Gasteiger partial charge in [-0.3, -0.25) is 9.78 Å². The number of carbonyl (C=O) groups excluding carboxylic acids is 2. The second-order valence-corrected chi connectivity index (χ2v) is 12.9. The topological polar surface area (TPSA) is 60.1 Å². The van der Waals surface area contributed by atoms with Crippen LogP contribution in [0.15, 0.2) is 48.9 Å². The lowest BCUT2D eigenvalue weighted by Crippen LogP contribution is -2.81. The first-order valence-corrected chi connectivity index (χ1v) is 17.2. The summed E-state index contributed by atoms with van der Waals surface area (Å²) in [5.74, 6) is -72.0. The number of carbonyl (C=O) groups is 2. The number of halogens is 20. The normalized spacial score (nSPS) is 11.4. The highest BCUT2D eigenvalue weighted by Crippen LogP contribution is 2.30. The fraction of sp³-hybridized carbons (Fsp3) is 0.0769. The number of benzene rings is 5. The molecule has 0 amide bonds. The fourth-order valence-corrected chi connectivity index (χ4v) is 6.64. The minimum Gasteiger partial charge on any atom is -0.458 e. The van der Waals surface area contributed by atoms with Crippen LogP contribution in [0.5, 0.6) is 0 Å². The molecule has 0 spiro atoms. The van der Waals surface area contributed by atoms with Crippen LogP contribution in [-0.4, -0.2) is 29.5 Å². The highest BCUT2D eigenvalue weighted by atomic mass is 19.2. The van der Waals surface area contributed by atoms with Gasteiger partial charge in [0, 0.05) is 5.56 Å².